The number of halogens is 1. The molecule has 100 valence electrons. The molecule has 3 rings (SSSR count). The Balaban J connectivity index is 1.90. The highest BCUT2D eigenvalue weighted by atomic mass is 32.1. The highest BCUT2D eigenvalue weighted by molar-refractivity contribution is 7.20. The zero-order valence-electron chi connectivity index (χ0n) is 10.7. The summed E-state index contributed by atoms with van der Waals surface area (Å²) in [4.78, 5) is 15.0. The molecular weight excluding hydrogens is 261 g/mol. The number of rotatable bonds is 1. The lowest BCUT2D eigenvalue weighted by molar-refractivity contribution is 0.0766. The average molecular weight is 277 g/mol. The largest absolute Gasteiger partial charge is 0.338 e. The summed E-state index contributed by atoms with van der Waals surface area (Å²) in [6.07, 6.45) is 4.55. The van der Waals surface area contributed by atoms with Crippen LogP contribution < -0.4 is 0 Å². The summed E-state index contributed by atoms with van der Waals surface area (Å²) >= 11 is 1.39. The lowest BCUT2D eigenvalue weighted by atomic mass is 10.2. The van der Waals surface area contributed by atoms with E-state index in [1.54, 1.807) is 12.1 Å². The maximum absolute atomic E-state index is 13.7. The summed E-state index contributed by atoms with van der Waals surface area (Å²) in [5.74, 6) is -0.189. The lowest BCUT2D eigenvalue weighted by Gasteiger charge is -2.19. The molecule has 0 radical (unpaired) electrons. The molecule has 0 atom stereocenters. The summed E-state index contributed by atoms with van der Waals surface area (Å²) < 4.78 is 14.5. The van der Waals surface area contributed by atoms with E-state index in [9.17, 15) is 9.18 Å². The van der Waals surface area contributed by atoms with E-state index in [0.29, 0.717) is 10.3 Å². The molecule has 0 aliphatic carbocycles. The van der Waals surface area contributed by atoms with Crippen LogP contribution in [-0.2, 0) is 0 Å². The molecule has 1 aliphatic rings. The quantitative estimate of drug-likeness (QED) is 0.770. The van der Waals surface area contributed by atoms with Crippen LogP contribution in [0.25, 0.3) is 10.1 Å². The third kappa shape index (κ3) is 2.50. The lowest BCUT2D eigenvalue weighted by Crippen LogP contribution is -2.31. The van der Waals surface area contributed by atoms with Crippen molar-refractivity contribution in [3.63, 3.8) is 0 Å². The Morgan fingerprint density at radius 3 is 2.58 bits per heavy atom. The number of amides is 1. The summed E-state index contributed by atoms with van der Waals surface area (Å²) in [6, 6.07) is 6.69. The number of carbonyl (C=O) groups excluding carboxylic acids is 1. The number of fused-ring (bicyclic) bond motifs is 1. The first-order valence-corrected chi connectivity index (χ1v) is 7.55. The van der Waals surface area contributed by atoms with Gasteiger partial charge in [0.25, 0.3) is 5.91 Å². The summed E-state index contributed by atoms with van der Waals surface area (Å²) in [7, 11) is 0. The molecule has 1 aliphatic heterocycles. The number of thiophene rings is 1. The van der Waals surface area contributed by atoms with Crippen LogP contribution in [0, 0.1) is 5.82 Å². The number of hydrogen-bond acceptors (Lipinski definition) is 2. The molecule has 0 bridgehead atoms. The van der Waals surface area contributed by atoms with Crippen LogP contribution >= 0.6 is 11.3 Å². The van der Waals surface area contributed by atoms with Crippen molar-refractivity contribution in [3.05, 3.63) is 35.0 Å². The molecule has 2 nitrogen and oxygen atoms in total. The van der Waals surface area contributed by atoms with E-state index in [-0.39, 0.29) is 11.7 Å². The van der Waals surface area contributed by atoms with Crippen LogP contribution in [0.15, 0.2) is 24.3 Å². The number of hydrogen-bond donors (Lipinski definition) is 0. The molecule has 19 heavy (non-hydrogen) atoms. The smallest absolute Gasteiger partial charge is 0.263 e. The van der Waals surface area contributed by atoms with Gasteiger partial charge in [-0.15, -0.1) is 11.3 Å². The minimum absolute atomic E-state index is 0.0579. The van der Waals surface area contributed by atoms with Crippen molar-refractivity contribution in [2.24, 2.45) is 0 Å². The molecule has 1 amide bonds. The van der Waals surface area contributed by atoms with Gasteiger partial charge in [-0.1, -0.05) is 18.9 Å². The van der Waals surface area contributed by atoms with Crippen molar-refractivity contribution in [2.45, 2.75) is 25.7 Å². The van der Waals surface area contributed by atoms with E-state index in [1.165, 1.54) is 30.2 Å². The van der Waals surface area contributed by atoms with Gasteiger partial charge in [-0.05, 0) is 31.0 Å². The van der Waals surface area contributed by atoms with Gasteiger partial charge in [-0.2, -0.15) is 0 Å². The Morgan fingerprint density at radius 1 is 1.16 bits per heavy atom. The fraction of sp³-hybridized carbons (Fsp3) is 0.400. The van der Waals surface area contributed by atoms with Crippen LogP contribution in [-0.4, -0.2) is 23.9 Å². The number of nitrogens with zero attached hydrogens (tertiary/aromatic N) is 1. The third-order valence-corrected chi connectivity index (χ3v) is 4.70. The van der Waals surface area contributed by atoms with E-state index < -0.39 is 0 Å². The van der Waals surface area contributed by atoms with Gasteiger partial charge in [0.15, 0.2) is 0 Å². The minimum atomic E-state index is -0.247. The SMILES string of the molecule is O=C(c1cc2c(F)cccc2s1)N1CCCCCC1. The summed E-state index contributed by atoms with van der Waals surface area (Å²) in [5, 5.41) is 0.561. The number of likely N-dealkylation sites (tertiary alicyclic amines) is 1. The Hall–Kier alpha value is -1.42. The van der Waals surface area contributed by atoms with E-state index >= 15 is 0 Å². The number of carbonyl (C=O) groups is 1. The van der Waals surface area contributed by atoms with Crippen LogP contribution in [0.1, 0.15) is 35.4 Å². The van der Waals surface area contributed by atoms with Crippen molar-refractivity contribution in [2.75, 3.05) is 13.1 Å². The average Bonchev–Trinajstić information content (AvgIpc) is 2.67. The van der Waals surface area contributed by atoms with E-state index in [0.717, 1.165) is 30.6 Å². The van der Waals surface area contributed by atoms with Gasteiger partial charge in [-0.25, -0.2) is 4.39 Å². The molecule has 1 aromatic heterocycles. The molecule has 2 aromatic rings. The molecule has 2 heterocycles. The zero-order chi connectivity index (χ0) is 13.2. The van der Waals surface area contributed by atoms with Gasteiger partial charge in [-0.3, -0.25) is 4.79 Å². The van der Waals surface area contributed by atoms with Crippen molar-refractivity contribution >= 4 is 27.3 Å². The first-order valence-electron chi connectivity index (χ1n) is 6.73. The zero-order valence-corrected chi connectivity index (χ0v) is 11.5. The van der Waals surface area contributed by atoms with Crippen LogP contribution in [0.3, 0.4) is 0 Å². The Labute approximate surface area is 115 Å². The highest BCUT2D eigenvalue weighted by Crippen LogP contribution is 2.29. The fourth-order valence-corrected chi connectivity index (χ4v) is 3.60. The summed E-state index contributed by atoms with van der Waals surface area (Å²) in [5.41, 5.74) is 0. The van der Waals surface area contributed by atoms with Crippen molar-refractivity contribution < 1.29 is 9.18 Å². The monoisotopic (exact) mass is 277 g/mol. The van der Waals surface area contributed by atoms with Crippen LogP contribution in [0.5, 0.6) is 0 Å². The molecule has 1 fully saturated rings. The highest BCUT2D eigenvalue weighted by Gasteiger charge is 2.19. The Morgan fingerprint density at radius 2 is 1.89 bits per heavy atom. The normalized spacial score (nSPS) is 16.6. The second kappa shape index (κ2) is 5.29. The van der Waals surface area contributed by atoms with Crippen LogP contribution in [0.4, 0.5) is 4.39 Å². The van der Waals surface area contributed by atoms with Gasteiger partial charge in [0.05, 0.1) is 4.88 Å². The number of benzene rings is 1. The van der Waals surface area contributed by atoms with E-state index in [1.807, 2.05) is 11.0 Å². The predicted octanol–water partition coefficient (Wildman–Crippen LogP) is 4.06. The second-order valence-corrected chi connectivity index (χ2v) is 6.05. The molecule has 0 saturated carbocycles. The molecule has 0 unspecified atom stereocenters. The first kappa shape index (κ1) is 12.6. The second-order valence-electron chi connectivity index (χ2n) is 4.97. The van der Waals surface area contributed by atoms with Gasteiger partial charge in [0.1, 0.15) is 5.82 Å². The van der Waals surface area contributed by atoms with Gasteiger partial charge in [0.2, 0.25) is 0 Å². The van der Waals surface area contributed by atoms with Crippen LogP contribution in [0.2, 0.25) is 0 Å². The molecule has 1 aromatic carbocycles. The molecule has 4 heteroatoms. The summed E-state index contributed by atoms with van der Waals surface area (Å²) in [6.45, 7) is 1.66. The van der Waals surface area contributed by atoms with Gasteiger partial charge in [0, 0.05) is 23.2 Å². The molecule has 0 N–H and O–H groups in total. The predicted molar refractivity (Wildman–Crippen MR) is 76.2 cm³/mol. The Bertz CT molecular complexity index is 599. The van der Waals surface area contributed by atoms with Gasteiger partial charge < -0.3 is 4.90 Å². The molecular formula is C15H16FNOS. The van der Waals surface area contributed by atoms with Crippen molar-refractivity contribution in [1.82, 2.24) is 4.90 Å². The first-order chi connectivity index (χ1) is 9.25. The molecule has 0 spiro atoms. The topological polar surface area (TPSA) is 20.3 Å². The van der Waals surface area contributed by atoms with Crippen molar-refractivity contribution in [3.8, 4) is 0 Å². The fourth-order valence-electron chi connectivity index (χ4n) is 2.56. The maximum atomic E-state index is 13.7. The van der Waals surface area contributed by atoms with Crippen molar-refractivity contribution in [1.29, 1.82) is 0 Å². The minimum Gasteiger partial charge on any atom is -0.338 e. The molecule has 1 saturated heterocycles. The Kier molecular flexibility index (Phi) is 3.51. The standard InChI is InChI=1S/C15H16FNOS/c16-12-6-5-7-13-11(12)10-14(19-13)15(18)17-8-3-1-2-4-9-17/h5-7,10H,1-4,8-9H2. The maximum Gasteiger partial charge on any atom is 0.263 e. The van der Waals surface area contributed by atoms with Gasteiger partial charge >= 0.3 is 0 Å². The third-order valence-electron chi connectivity index (χ3n) is 3.61. The van der Waals surface area contributed by atoms with E-state index in [4.69, 9.17) is 0 Å². The van der Waals surface area contributed by atoms with E-state index in [2.05, 4.69) is 0 Å².